The van der Waals surface area contributed by atoms with E-state index in [4.69, 9.17) is 4.74 Å². The summed E-state index contributed by atoms with van der Waals surface area (Å²) in [6, 6.07) is 8.23. The number of rotatable bonds is 12. The van der Waals surface area contributed by atoms with Crippen LogP contribution in [0.5, 0.6) is 0 Å². The number of aryl methyl sites for hydroxylation is 1. The molecule has 0 bridgehead atoms. The molecule has 43 heavy (non-hydrogen) atoms. The standard InChI is InChI=1S/C40H59NO2/c1-28(2)11-10-12-29(3)35-17-18-36-34-16-15-31-25-32(19-21-39(31,4)37(34)20-22-40(35,36)5)43-24-9-8-23-41-26-30(27-42)33-13-6-7-14-38(33)41/h6-7,13-15,26-29,32,34-37H,8-12,16-25H2,1-5H3/t29-,32+,34+,35-,36+,37+,39+,40-/m1/s1. The highest BCUT2D eigenvalue weighted by atomic mass is 16.5. The van der Waals surface area contributed by atoms with E-state index in [1.807, 2.05) is 18.3 Å². The molecule has 6 rings (SSSR count). The molecule has 236 valence electrons. The number of benzene rings is 1. The van der Waals surface area contributed by atoms with Gasteiger partial charge < -0.3 is 9.30 Å². The minimum Gasteiger partial charge on any atom is -0.378 e. The molecule has 0 N–H and O–H groups in total. The van der Waals surface area contributed by atoms with Crippen molar-refractivity contribution in [2.24, 2.45) is 46.3 Å². The quantitative estimate of drug-likeness (QED) is 0.141. The normalized spacial score (nSPS) is 34.5. The van der Waals surface area contributed by atoms with Crippen molar-refractivity contribution < 1.29 is 9.53 Å². The number of allylic oxidation sites excluding steroid dienone is 1. The number of fused-ring (bicyclic) bond motifs is 6. The van der Waals surface area contributed by atoms with Gasteiger partial charge in [-0.1, -0.05) is 83.7 Å². The van der Waals surface area contributed by atoms with Crippen LogP contribution in [0, 0.1) is 46.3 Å². The van der Waals surface area contributed by atoms with Crippen molar-refractivity contribution in [2.45, 2.75) is 131 Å². The van der Waals surface area contributed by atoms with Crippen molar-refractivity contribution in [3.05, 3.63) is 47.7 Å². The van der Waals surface area contributed by atoms with Crippen LogP contribution in [0.15, 0.2) is 42.1 Å². The lowest BCUT2D eigenvalue weighted by molar-refractivity contribution is -0.0641. The fourth-order valence-corrected chi connectivity index (χ4v) is 11.0. The van der Waals surface area contributed by atoms with Gasteiger partial charge in [-0.3, -0.25) is 4.79 Å². The highest BCUT2D eigenvalue weighted by Crippen LogP contribution is 2.67. The fourth-order valence-electron chi connectivity index (χ4n) is 11.0. The average molecular weight is 586 g/mol. The van der Waals surface area contributed by atoms with E-state index in [1.165, 1.54) is 64.2 Å². The first-order chi connectivity index (χ1) is 20.7. The monoisotopic (exact) mass is 585 g/mol. The van der Waals surface area contributed by atoms with E-state index in [9.17, 15) is 4.79 Å². The molecule has 8 atom stereocenters. The Bertz CT molecular complexity index is 1290. The number of carbonyl (C=O) groups excluding carboxylic acids is 1. The van der Waals surface area contributed by atoms with Crippen LogP contribution < -0.4 is 0 Å². The Hall–Kier alpha value is -1.87. The summed E-state index contributed by atoms with van der Waals surface area (Å²) in [6.45, 7) is 14.5. The second kappa shape index (κ2) is 12.9. The molecule has 1 aromatic heterocycles. The highest BCUT2D eigenvalue weighted by Gasteiger charge is 2.59. The summed E-state index contributed by atoms with van der Waals surface area (Å²) < 4.78 is 8.77. The molecule has 0 saturated heterocycles. The maximum atomic E-state index is 11.5. The molecule has 4 aliphatic rings. The summed E-state index contributed by atoms with van der Waals surface area (Å²) in [7, 11) is 0. The van der Waals surface area contributed by atoms with Gasteiger partial charge in [-0.05, 0) is 117 Å². The average Bonchev–Trinajstić information content (AvgIpc) is 3.54. The van der Waals surface area contributed by atoms with Gasteiger partial charge >= 0.3 is 0 Å². The molecule has 0 spiro atoms. The van der Waals surface area contributed by atoms with E-state index in [-0.39, 0.29) is 0 Å². The zero-order valence-electron chi connectivity index (χ0n) is 28.0. The van der Waals surface area contributed by atoms with Crippen molar-refractivity contribution in [3.63, 3.8) is 0 Å². The maximum absolute atomic E-state index is 11.5. The topological polar surface area (TPSA) is 31.2 Å². The van der Waals surface area contributed by atoms with Gasteiger partial charge in [0.1, 0.15) is 0 Å². The summed E-state index contributed by atoms with van der Waals surface area (Å²) in [5.74, 6) is 5.40. The largest absolute Gasteiger partial charge is 0.378 e. The molecular formula is C40H59NO2. The number of hydrogen-bond donors (Lipinski definition) is 0. The molecule has 0 unspecified atom stereocenters. The Balaban J connectivity index is 1.01. The Labute approximate surface area is 262 Å². The van der Waals surface area contributed by atoms with E-state index >= 15 is 0 Å². The number of aldehydes is 1. The van der Waals surface area contributed by atoms with Crippen molar-refractivity contribution in [1.29, 1.82) is 0 Å². The first kappa shape index (κ1) is 31.1. The predicted octanol–water partition coefficient (Wildman–Crippen LogP) is 10.7. The maximum Gasteiger partial charge on any atom is 0.152 e. The number of carbonyl (C=O) groups is 1. The molecular weight excluding hydrogens is 526 g/mol. The van der Waals surface area contributed by atoms with Gasteiger partial charge in [0, 0.05) is 35.8 Å². The van der Waals surface area contributed by atoms with Gasteiger partial charge in [0.2, 0.25) is 0 Å². The number of unbranched alkanes of at least 4 members (excludes halogenated alkanes) is 1. The Kier molecular flexibility index (Phi) is 9.31. The molecule has 0 radical (unpaired) electrons. The van der Waals surface area contributed by atoms with Crippen LogP contribution in [0.3, 0.4) is 0 Å². The zero-order chi connectivity index (χ0) is 30.2. The summed E-state index contributed by atoms with van der Waals surface area (Å²) in [5, 5.41) is 1.06. The predicted molar refractivity (Wildman–Crippen MR) is 179 cm³/mol. The van der Waals surface area contributed by atoms with Gasteiger partial charge in [-0.2, -0.15) is 0 Å². The second-order valence-corrected chi connectivity index (χ2v) is 16.1. The van der Waals surface area contributed by atoms with E-state index in [1.54, 1.807) is 5.57 Å². The van der Waals surface area contributed by atoms with E-state index in [0.29, 0.717) is 16.9 Å². The molecule has 1 heterocycles. The van der Waals surface area contributed by atoms with Gasteiger partial charge in [0.15, 0.2) is 6.29 Å². The molecule has 0 aliphatic heterocycles. The SMILES string of the molecule is CC(C)CCC[C@@H](C)[C@H]1CC[C@H]2[C@@H]3CC=C4C[C@@H](OCCCCn5cc(C=O)c6ccccc65)CC[C@]4(C)[C@H]3CC[C@]12C. The number of hydrogen-bond acceptors (Lipinski definition) is 2. The van der Waals surface area contributed by atoms with Gasteiger partial charge in [-0.25, -0.2) is 0 Å². The van der Waals surface area contributed by atoms with E-state index in [0.717, 1.165) is 90.7 Å². The first-order valence-electron chi connectivity index (χ1n) is 18.1. The van der Waals surface area contributed by atoms with Crippen LogP contribution in [0.2, 0.25) is 0 Å². The fraction of sp³-hybridized carbons (Fsp3) is 0.725. The van der Waals surface area contributed by atoms with Crippen molar-refractivity contribution in [1.82, 2.24) is 4.57 Å². The Morgan fingerprint density at radius 1 is 0.977 bits per heavy atom. The molecule has 4 aliphatic carbocycles. The van der Waals surface area contributed by atoms with E-state index < -0.39 is 0 Å². The molecule has 1 aromatic carbocycles. The van der Waals surface area contributed by atoms with Crippen LogP contribution in [-0.2, 0) is 11.3 Å². The third-order valence-corrected chi connectivity index (χ3v) is 13.4. The molecule has 3 fully saturated rings. The second-order valence-electron chi connectivity index (χ2n) is 16.1. The van der Waals surface area contributed by atoms with Crippen LogP contribution in [0.1, 0.15) is 128 Å². The van der Waals surface area contributed by atoms with Crippen LogP contribution >= 0.6 is 0 Å². The lowest BCUT2D eigenvalue weighted by atomic mass is 9.47. The Morgan fingerprint density at radius 2 is 1.81 bits per heavy atom. The first-order valence-corrected chi connectivity index (χ1v) is 18.1. The summed E-state index contributed by atoms with van der Waals surface area (Å²) in [4.78, 5) is 11.5. The Morgan fingerprint density at radius 3 is 2.63 bits per heavy atom. The number of ether oxygens (including phenoxy) is 1. The van der Waals surface area contributed by atoms with Gasteiger partial charge in [-0.15, -0.1) is 0 Å². The molecule has 3 nitrogen and oxygen atoms in total. The smallest absolute Gasteiger partial charge is 0.152 e. The van der Waals surface area contributed by atoms with Gasteiger partial charge in [0.25, 0.3) is 0 Å². The van der Waals surface area contributed by atoms with E-state index in [2.05, 4.69) is 57.4 Å². The lowest BCUT2D eigenvalue weighted by Gasteiger charge is -2.58. The molecule has 3 saturated carbocycles. The molecule has 3 heteroatoms. The summed E-state index contributed by atoms with van der Waals surface area (Å²) in [5.41, 5.74) is 4.67. The summed E-state index contributed by atoms with van der Waals surface area (Å²) >= 11 is 0. The summed E-state index contributed by atoms with van der Waals surface area (Å²) in [6.07, 6.45) is 23.4. The van der Waals surface area contributed by atoms with Crippen molar-refractivity contribution in [2.75, 3.05) is 6.61 Å². The minimum absolute atomic E-state index is 0.390. The molecule has 0 amide bonds. The number of para-hydroxylation sites is 1. The van der Waals surface area contributed by atoms with Crippen LogP contribution in [-0.4, -0.2) is 23.6 Å². The number of nitrogens with zero attached hydrogens (tertiary/aromatic N) is 1. The molecule has 2 aromatic rings. The highest BCUT2D eigenvalue weighted by molar-refractivity contribution is 5.97. The van der Waals surface area contributed by atoms with Crippen LogP contribution in [0.4, 0.5) is 0 Å². The number of aromatic nitrogens is 1. The minimum atomic E-state index is 0.390. The van der Waals surface area contributed by atoms with Crippen molar-refractivity contribution >= 4 is 17.2 Å². The van der Waals surface area contributed by atoms with Crippen molar-refractivity contribution in [3.8, 4) is 0 Å². The van der Waals surface area contributed by atoms with Crippen LogP contribution in [0.25, 0.3) is 10.9 Å². The zero-order valence-corrected chi connectivity index (χ0v) is 28.0. The third kappa shape index (κ3) is 5.94. The van der Waals surface area contributed by atoms with Gasteiger partial charge in [0.05, 0.1) is 6.10 Å². The third-order valence-electron chi connectivity index (χ3n) is 13.4. The lowest BCUT2D eigenvalue weighted by Crippen LogP contribution is -2.51.